The number of fused-ring (bicyclic) bond motifs is 1. The fourth-order valence-electron chi connectivity index (χ4n) is 3.13. The molecule has 1 heterocycles. The molecule has 0 fully saturated rings. The first-order valence-corrected chi connectivity index (χ1v) is 8.66. The summed E-state index contributed by atoms with van der Waals surface area (Å²) < 4.78 is 0. The van der Waals surface area contributed by atoms with Crippen molar-refractivity contribution in [3.8, 4) is 11.3 Å². The Hall–Kier alpha value is -2.15. The van der Waals surface area contributed by atoms with Gasteiger partial charge in [-0.05, 0) is 57.0 Å². The predicted molar refractivity (Wildman–Crippen MR) is 105 cm³/mol. The molecule has 1 nitrogen and oxygen atoms in total. The molecule has 0 radical (unpaired) electrons. The Kier molecular flexibility index (Phi) is 3.99. The first-order chi connectivity index (χ1) is 11.2. The van der Waals surface area contributed by atoms with E-state index in [9.17, 15) is 0 Å². The van der Waals surface area contributed by atoms with Crippen LogP contribution in [-0.4, -0.2) is 4.98 Å². The summed E-state index contributed by atoms with van der Waals surface area (Å²) in [5.74, 6) is 0. The Labute approximate surface area is 145 Å². The van der Waals surface area contributed by atoms with Crippen molar-refractivity contribution in [2.45, 2.75) is 52.4 Å². The lowest BCUT2D eigenvalue weighted by atomic mass is 9.82. The normalized spacial score (nSPS) is 12.6. The summed E-state index contributed by atoms with van der Waals surface area (Å²) in [7, 11) is 0. The number of hydrogen-bond donors (Lipinski definition) is 0. The number of benzene rings is 2. The van der Waals surface area contributed by atoms with Crippen LogP contribution in [0.25, 0.3) is 22.0 Å². The molecule has 0 aliphatic carbocycles. The summed E-state index contributed by atoms with van der Waals surface area (Å²) in [5, 5.41) is 2.61. The zero-order valence-corrected chi connectivity index (χ0v) is 15.6. The standard InChI is InChI=1S/C23H27N/c1-22(2,3)18-11-12-24-21(15-18)17-13-16-9-7-8-10-19(16)20(14-17)23(4,5)6/h7-15H,1-6H3. The zero-order chi connectivity index (χ0) is 17.5. The molecule has 3 aromatic rings. The smallest absolute Gasteiger partial charge is 0.0705 e. The van der Waals surface area contributed by atoms with Crippen LogP contribution in [-0.2, 0) is 10.8 Å². The van der Waals surface area contributed by atoms with E-state index in [-0.39, 0.29) is 10.8 Å². The Morgan fingerprint density at radius 2 is 1.46 bits per heavy atom. The van der Waals surface area contributed by atoms with Crippen molar-refractivity contribution < 1.29 is 0 Å². The molecule has 0 saturated heterocycles. The second-order valence-electron chi connectivity index (χ2n) is 8.67. The summed E-state index contributed by atoms with van der Waals surface area (Å²) in [6.07, 6.45) is 1.93. The van der Waals surface area contributed by atoms with Gasteiger partial charge in [0.25, 0.3) is 0 Å². The van der Waals surface area contributed by atoms with E-state index in [0.29, 0.717) is 0 Å². The van der Waals surface area contributed by atoms with Gasteiger partial charge in [-0.25, -0.2) is 0 Å². The van der Waals surface area contributed by atoms with Crippen molar-refractivity contribution in [1.82, 2.24) is 4.98 Å². The summed E-state index contributed by atoms with van der Waals surface area (Å²) in [5.41, 5.74) is 5.17. The van der Waals surface area contributed by atoms with E-state index >= 15 is 0 Å². The molecule has 3 rings (SSSR count). The third kappa shape index (κ3) is 3.21. The molecule has 0 aliphatic rings. The quantitative estimate of drug-likeness (QED) is 0.499. The molecule has 0 N–H and O–H groups in total. The summed E-state index contributed by atoms with van der Waals surface area (Å²) in [6.45, 7) is 13.6. The molecule has 24 heavy (non-hydrogen) atoms. The van der Waals surface area contributed by atoms with Crippen LogP contribution in [0, 0.1) is 0 Å². The Balaban J connectivity index is 2.25. The molecular weight excluding hydrogens is 290 g/mol. The van der Waals surface area contributed by atoms with Gasteiger partial charge in [0.05, 0.1) is 5.69 Å². The fraction of sp³-hybridized carbons (Fsp3) is 0.348. The average molecular weight is 317 g/mol. The van der Waals surface area contributed by atoms with Gasteiger partial charge in [0.1, 0.15) is 0 Å². The van der Waals surface area contributed by atoms with Crippen LogP contribution >= 0.6 is 0 Å². The van der Waals surface area contributed by atoms with Gasteiger partial charge >= 0.3 is 0 Å². The molecule has 0 bridgehead atoms. The molecule has 0 saturated carbocycles. The van der Waals surface area contributed by atoms with Gasteiger partial charge in [0.2, 0.25) is 0 Å². The third-order valence-electron chi connectivity index (χ3n) is 4.59. The molecular formula is C23H27N. The van der Waals surface area contributed by atoms with Gasteiger partial charge in [-0.15, -0.1) is 0 Å². The van der Waals surface area contributed by atoms with E-state index in [1.165, 1.54) is 27.5 Å². The largest absolute Gasteiger partial charge is 0.256 e. The van der Waals surface area contributed by atoms with Crippen molar-refractivity contribution in [1.29, 1.82) is 0 Å². The molecule has 0 amide bonds. The fourth-order valence-corrected chi connectivity index (χ4v) is 3.13. The van der Waals surface area contributed by atoms with Crippen molar-refractivity contribution in [3.63, 3.8) is 0 Å². The second kappa shape index (κ2) is 5.73. The lowest BCUT2D eigenvalue weighted by Gasteiger charge is -2.23. The van der Waals surface area contributed by atoms with Crippen LogP contribution in [0.5, 0.6) is 0 Å². The zero-order valence-electron chi connectivity index (χ0n) is 15.6. The first kappa shape index (κ1) is 16.7. The van der Waals surface area contributed by atoms with E-state index < -0.39 is 0 Å². The number of rotatable bonds is 1. The highest BCUT2D eigenvalue weighted by atomic mass is 14.7. The molecule has 1 aromatic heterocycles. The lowest BCUT2D eigenvalue weighted by molar-refractivity contribution is 0.589. The maximum Gasteiger partial charge on any atom is 0.0705 e. The molecule has 0 aliphatic heterocycles. The van der Waals surface area contributed by atoms with E-state index in [1.807, 2.05) is 6.20 Å². The van der Waals surface area contributed by atoms with E-state index in [4.69, 9.17) is 0 Å². The number of nitrogens with zero attached hydrogens (tertiary/aromatic N) is 1. The molecule has 0 unspecified atom stereocenters. The van der Waals surface area contributed by atoms with Crippen LogP contribution in [0.2, 0.25) is 0 Å². The van der Waals surface area contributed by atoms with E-state index in [0.717, 1.165) is 5.69 Å². The minimum absolute atomic E-state index is 0.0945. The number of hydrogen-bond acceptors (Lipinski definition) is 1. The highest BCUT2D eigenvalue weighted by Gasteiger charge is 2.19. The average Bonchev–Trinajstić information content (AvgIpc) is 2.52. The van der Waals surface area contributed by atoms with E-state index in [1.54, 1.807) is 0 Å². The van der Waals surface area contributed by atoms with Crippen molar-refractivity contribution in [3.05, 3.63) is 65.9 Å². The van der Waals surface area contributed by atoms with Crippen LogP contribution in [0.15, 0.2) is 54.7 Å². The Morgan fingerprint density at radius 1 is 0.750 bits per heavy atom. The SMILES string of the molecule is CC(C)(C)c1ccnc(-c2cc(C(C)(C)C)c3ccccc3c2)c1. The molecule has 0 spiro atoms. The number of aromatic nitrogens is 1. The molecule has 0 atom stereocenters. The van der Waals surface area contributed by atoms with Gasteiger partial charge in [0, 0.05) is 11.8 Å². The van der Waals surface area contributed by atoms with Crippen LogP contribution < -0.4 is 0 Å². The maximum atomic E-state index is 4.65. The Bertz CT molecular complexity index is 876. The van der Waals surface area contributed by atoms with Crippen LogP contribution in [0.4, 0.5) is 0 Å². The van der Waals surface area contributed by atoms with Crippen molar-refractivity contribution >= 4 is 10.8 Å². The van der Waals surface area contributed by atoms with Gasteiger partial charge in [-0.1, -0.05) is 65.8 Å². The van der Waals surface area contributed by atoms with Gasteiger partial charge in [-0.3, -0.25) is 4.98 Å². The van der Waals surface area contributed by atoms with Gasteiger partial charge < -0.3 is 0 Å². The Morgan fingerprint density at radius 3 is 2.12 bits per heavy atom. The van der Waals surface area contributed by atoms with Crippen LogP contribution in [0.1, 0.15) is 52.7 Å². The summed E-state index contributed by atoms with van der Waals surface area (Å²) >= 11 is 0. The summed E-state index contributed by atoms with van der Waals surface area (Å²) in [4.78, 5) is 4.65. The summed E-state index contributed by atoms with van der Waals surface area (Å²) in [6, 6.07) is 17.6. The van der Waals surface area contributed by atoms with Crippen LogP contribution in [0.3, 0.4) is 0 Å². The van der Waals surface area contributed by atoms with Crippen molar-refractivity contribution in [2.75, 3.05) is 0 Å². The molecule has 2 aromatic carbocycles. The monoisotopic (exact) mass is 317 g/mol. The lowest BCUT2D eigenvalue weighted by Crippen LogP contribution is -2.12. The topological polar surface area (TPSA) is 12.9 Å². The number of pyridine rings is 1. The first-order valence-electron chi connectivity index (χ1n) is 8.66. The third-order valence-corrected chi connectivity index (χ3v) is 4.59. The van der Waals surface area contributed by atoms with Gasteiger partial charge in [-0.2, -0.15) is 0 Å². The maximum absolute atomic E-state index is 4.65. The minimum Gasteiger partial charge on any atom is -0.256 e. The minimum atomic E-state index is 0.0945. The molecule has 124 valence electrons. The van der Waals surface area contributed by atoms with Gasteiger partial charge in [0.15, 0.2) is 0 Å². The second-order valence-corrected chi connectivity index (χ2v) is 8.67. The molecule has 1 heteroatoms. The van der Waals surface area contributed by atoms with Crippen molar-refractivity contribution in [2.24, 2.45) is 0 Å². The predicted octanol–water partition coefficient (Wildman–Crippen LogP) is 6.50. The highest BCUT2D eigenvalue weighted by Crippen LogP contribution is 2.35. The van der Waals surface area contributed by atoms with E-state index in [2.05, 4.69) is 95.1 Å². The highest BCUT2D eigenvalue weighted by molar-refractivity contribution is 5.90.